The summed E-state index contributed by atoms with van der Waals surface area (Å²) >= 11 is 0. The summed E-state index contributed by atoms with van der Waals surface area (Å²) in [6.45, 7) is 3.73. The molecule has 2 heterocycles. The van der Waals surface area contributed by atoms with Gasteiger partial charge in [-0.25, -0.2) is 15.0 Å². The van der Waals surface area contributed by atoms with Crippen LogP contribution in [0.15, 0.2) is 36.5 Å². The maximum absolute atomic E-state index is 9.92. The Morgan fingerprint density at radius 2 is 2.00 bits per heavy atom. The van der Waals surface area contributed by atoms with Crippen LogP contribution in [0.2, 0.25) is 0 Å². The number of aryl methyl sites for hydroxylation is 1. The molecule has 1 atom stereocenters. The fourth-order valence-corrected chi connectivity index (χ4v) is 4.15. The fourth-order valence-electron chi connectivity index (χ4n) is 4.15. The zero-order valence-corrected chi connectivity index (χ0v) is 16.3. The zero-order valence-electron chi connectivity index (χ0n) is 16.3. The van der Waals surface area contributed by atoms with Gasteiger partial charge in [0.25, 0.3) is 0 Å². The summed E-state index contributed by atoms with van der Waals surface area (Å²) in [6.07, 6.45) is 8.26. The van der Waals surface area contributed by atoms with Crippen LogP contribution in [0.25, 0.3) is 11.0 Å². The number of para-hydroxylation sites is 2. The van der Waals surface area contributed by atoms with E-state index in [0.717, 1.165) is 29.9 Å². The van der Waals surface area contributed by atoms with Crippen molar-refractivity contribution in [2.75, 3.05) is 11.9 Å². The first-order chi connectivity index (χ1) is 13.8. The summed E-state index contributed by atoms with van der Waals surface area (Å²) in [5.74, 6) is 1.51. The van der Waals surface area contributed by atoms with Crippen LogP contribution in [0.5, 0.6) is 0 Å². The van der Waals surface area contributed by atoms with Gasteiger partial charge in [0.05, 0.1) is 22.8 Å². The van der Waals surface area contributed by atoms with Gasteiger partial charge in [0.15, 0.2) is 0 Å². The van der Waals surface area contributed by atoms with Gasteiger partial charge in [-0.05, 0) is 43.9 Å². The molecule has 144 valence electrons. The highest BCUT2D eigenvalue weighted by molar-refractivity contribution is 5.76. The largest absolute Gasteiger partial charge is 0.354 e. The van der Waals surface area contributed by atoms with Crippen molar-refractivity contribution in [3.05, 3.63) is 48.0 Å². The maximum Gasteiger partial charge on any atom is 0.222 e. The van der Waals surface area contributed by atoms with Crippen LogP contribution in [-0.4, -0.2) is 26.1 Å². The highest BCUT2D eigenvalue weighted by atomic mass is 15.1. The van der Waals surface area contributed by atoms with Crippen LogP contribution in [0.3, 0.4) is 0 Å². The van der Waals surface area contributed by atoms with Gasteiger partial charge in [-0.15, -0.1) is 0 Å². The Hall–Kier alpha value is -2.94. The van der Waals surface area contributed by atoms with E-state index < -0.39 is 5.92 Å². The number of benzene rings is 1. The van der Waals surface area contributed by atoms with Gasteiger partial charge in [0.2, 0.25) is 5.95 Å². The van der Waals surface area contributed by atoms with Gasteiger partial charge in [0.1, 0.15) is 11.7 Å². The number of hydrogen-bond donors (Lipinski definition) is 1. The van der Waals surface area contributed by atoms with E-state index in [1.807, 2.05) is 30.3 Å². The summed E-state index contributed by atoms with van der Waals surface area (Å²) in [6, 6.07) is 12.2. The van der Waals surface area contributed by atoms with E-state index in [4.69, 9.17) is 4.98 Å². The van der Waals surface area contributed by atoms with Gasteiger partial charge in [0, 0.05) is 19.3 Å². The normalized spacial score (nSPS) is 16.0. The lowest BCUT2D eigenvalue weighted by molar-refractivity contribution is 0.373. The van der Waals surface area contributed by atoms with Crippen LogP contribution in [-0.2, 0) is 6.54 Å². The highest BCUT2D eigenvalue weighted by Gasteiger charge is 2.23. The Kier molecular flexibility index (Phi) is 5.52. The van der Waals surface area contributed by atoms with Crippen molar-refractivity contribution in [3.63, 3.8) is 0 Å². The maximum atomic E-state index is 9.92. The molecule has 1 aromatic carbocycles. The molecule has 3 aromatic rings. The standard InChI is InChI=1S/C22H26N6/c1-2-28-20-11-7-6-10-19(20)26-21(28)17(14-23)18-12-13-24-22(27-18)25-15-16-8-4-3-5-9-16/h6-7,10-13,16-17H,2-5,8-9,15H2,1H3,(H,24,25,27). The second-order valence-electron chi connectivity index (χ2n) is 7.46. The van der Waals surface area contributed by atoms with Crippen molar-refractivity contribution in [2.24, 2.45) is 5.92 Å². The van der Waals surface area contributed by atoms with Crippen molar-refractivity contribution in [3.8, 4) is 6.07 Å². The SMILES string of the molecule is CCn1c(C(C#N)c2ccnc(NCC3CCCCC3)n2)nc2ccccc21. The fraction of sp³-hybridized carbons (Fsp3) is 0.455. The summed E-state index contributed by atoms with van der Waals surface area (Å²) < 4.78 is 2.10. The van der Waals surface area contributed by atoms with Crippen LogP contribution in [0.4, 0.5) is 5.95 Å². The molecule has 6 nitrogen and oxygen atoms in total. The summed E-state index contributed by atoms with van der Waals surface area (Å²) in [5, 5.41) is 13.3. The number of nitriles is 1. The molecule has 4 rings (SSSR count). The number of hydrogen-bond acceptors (Lipinski definition) is 5. The molecule has 1 aliphatic rings. The first-order valence-corrected chi connectivity index (χ1v) is 10.2. The number of rotatable bonds is 6. The number of aromatic nitrogens is 4. The van der Waals surface area contributed by atoms with E-state index in [2.05, 4.69) is 32.8 Å². The molecule has 1 saturated carbocycles. The molecule has 6 heteroatoms. The van der Waals surface area contributed by atoms with Crippen LogP contribution < -0.4 is 5.32 Å². The van der Waals surface area contributed by atoms with Gasteiger partial charge >= 0.3 is 0 Å². The third kappa shape index (κ3) is 3.70. The van der Waals surface area contributed by atoms with Crippen molar-refractivity contribution < 1.29 is 0 Å². The van der Waals surface area contributed by atoms with Gasteiger partial charge in [-0.2, -0.15) is 5.26 Å². The Labute approximate surface area is 165 Å². The highest BCUT2D eigenvalue weighted by Crippen LogP contribution is 2.27. The second kappa shape index (κ2) is 8.39. The second-order valence-corrected chi connectivity index (χ2v) is 7.46. The number of fused-ring (bicyclic) bond motifs is 1. The smallest absolute Gasteiger partial charge is 0.222 e. The van der Waals surface area contributed by atoms with E-state index in [9.17, 15) is 5.26 Å². The molecule has 0 radical (unpaired) electrons. The number of anilines is 1. The van der Waals surface area contributed by atoms with Crippen molar-refractivity contribution in [2.45, 2.75) is 51.5 Å². The lowest BCUT2D eigenvalue weighted by Gasteiger charge is -2.21. The Morgan fingerprint density at radius 1 is 1.18 bits per heavy atom. The molecule has 1 fully saturated rings. The minimum absolute atomic E-state index is 0.523. The van der Waals surface area contributed by atoms with Crippen molar-refractivity contribution >= 4 is 17.0 Å². The van der Waals surface area contributed by atoms with E-state index >= 15 is 0 Å². The first kappa shape index (κ1) is 18.4. The average molecular weight is 374 g/mol. The number of imidazole rings is 1. The molecule has 1 N–H and O–H groups in total. The molecule has 2 aromatic heterocycles. The van der Waals surface area contributed by atoms with Crippen molar-refractivity contribution in [1.29, 1.82) is 5.26 Å². The molecule has 1 unspecified atom stereocenters. The average Bonchev–Trinajstić information content (AvgIpc) is 3.12. The summed E-state index contributed by atoms with van der Waals surface area (Å²) in [5.41, 5.74) is 2.64. The topological polar surface area (TPSA) is 79.4 Å². The lowest BCUT2D eigenvalue weighted by Crippen LogP contribution is -2.19. The number of nitrogens with one attached hydrogen (secondary N) is 1. The Bertz CT molecular complexity index is 980. The Morgan fingerprint density at radius 3 is 2.79 bits per heavy atom. The summed E-state index contributed by atoms with van der Waals surface area (Å²) in [4.78, 5) is 13.8. The minimum atomic E-state index is -0.523. The predicted molar refractivity (Wildman–Crippen MR) is 110 cm³/mol. The van der Waals surface area contributed by atoms with E-state index in [0.29, 0.717) is 17.6 Å². The Balaban J connectivity index is 1.59. The zero-order chi connectivity index (χ0) is 19.3. The molecule has 0 aliphatic heterocycles. The van der Waals surface area contributed by atoms with E-state index in [-0.39, 0.29) is 0 Å². The third-order valence-corrected chi connectivity index (χ3v) is 5.63. The number of nitrogens with zero attached hydrogens (tertiary/aromatic N) is 5. The van der Waals surface area contributed by atoms with Crippen LogP contribution >= 0.6 is 0 Å². The van der Waals surface area contributed by atoms with E-state index in [1.165, 1.54) is 32.1 Å². The molecule has 1 aliphatic carbocycles. The monoisotopic (exact) mass is 374 g/mol. The van der Waals surface area contributed by atoms with Gasteiger partial charge in [-0.3, -0.25) is 0 Å². The molecule has 0 bridgehead atoms. The molecular weight excluding hydrogens is 348 g/mol. The predicted octanol–water partition coefficient (Wildman–Crippen LogP) is 4.49. The first-order valence-electron chi connectivity index (χ1n) is 10.2. The third-order valence-electron chi connectivity index (χ3n) is 5.63. The van der Waals surface area contributed by atoms with Crippen molar-refractivity contribution in [1.82, 2.24) is 19.5 Å². The quantitative estimate of drug-likeness (QED) is 0.687. The van der Waals surface area contributed by atoms with E-state index in [1.54, 1.807) is 6.20 Å². The molecular formula is C22H26N6. The van der Waals surface area contributed by atoms with Gasteiger partial charge in [-0.1, -0.05) is 31.4 Å². The van der Waals surface area contributed by atoms with Crippen LogP contribution in [0.1, 0.15) is 56.5 Å². The molecule has 28 heavy (non-hydrogen) atoms. The molecule has 0 spiro atoms. The molecule has 0 amide bonds. The summed E-state index contributed by atoms with van der Waals surface area (Å²) in [7, 11) is 0. The minimum Gasteiger partial charge on any atom is -0.354 e. The molecule has 0 saturated heterocycles. The van der Waals surface area contributed by atoms with Crippen LogP contribution in [0, 0.1) is 17.2 Å². The lowest BCUT2D eigenvalue weighted by atomic mass is 9.89. The van der Waals surface area contributed by atoms with Gasteiger partial charge < -0.3 is 9.88 Å².